The molecule has 0 saturated carbocycles. The Kier molecular flexibility index (Phi) is 6.58. The summed E-state index contributed by atoms with van der Waals surface area (Å²) in [5.74, 6) is 2.50. The third-order valence-electron chi connectivity index (χ3n) is 4.58. The Morgan fingerprint density at radius 3 is 2.62 bits per heavy atom. The molecule has 0 aliphatic carbocycles. The van der Waals surface area contributed by atoms with Crippen molar-refractivity contribution in [3.8, 4) is 5.75 Å². The summed E-state index contributed by atoms with van der Waals surface area (Å²) >= 11 is 5.84. The molecular formula is C20H25ClN2O3. The maximum Gasteiger partial charge on any atom is 0.223 e. The highest BCUT2D eigenvalue weighted by Gasteiger charge is 2.26. The van der Waals surface area contributed by atoms with Crippen LogP contribution in [0.4, 0.5) is 0 Å². The fraction of sp³-hybridized carbons (Fsp3) is 0.450. The third kappa shape index (κ3) is 5.26. The highest BCUT2D eigenvalue weighted by atomic mass is 35.5. The summed E-state index contributed by atoms with van der Waals surface area (Å²) in [5.41, 5.74) is 0. The molecule has 1 atom stereocenters. The topological polar surface area (TPSA) is 54.7 Å². The molecule has 0 unspecified atom stereocenters. The number of hydrogen-bond donors (Lipinski definition) is 1. The highest BCUT2D eigenvalue weighted by Crippen LogP contribution is 2.26. The molecule has 2 aromatic rings. The number of likely N-dealkylation sites (tertiary alicyclic amines) is 1. The molecule has 1 saturated heterocycles. The first-order valence-corrected chi connectivity index (χ1v) is 9.45. The zero-order valence-corrected chi connectivity index (χ0v) is 15.8. The molecule has 6 heteroatoms. The molecule has 2 heterocycles. The van der Waals surface area contributed by atoms with Crippen LogP contribution in [0.15, 0.2) is 40.8 Å². The predicted molar refractivity (Wildman–Crippen MR) is 102 cm³/mol. The summed E-state index contributed by atoms with van der Waals surface area (Å²) in [7, 11) is 0. The van der Waals surface area contributed by atoms with Gasteiger partial charge in [0.25, 0.3) is 0 Å². The molecule has 5 nitrogen and oxygen atoms in total. The Hall–Kier alpha value is -1.98. The predicted octanol–water partition coefficient (Wildman–Crippen LogP) is 3.96. The van der Waals surface area contributed by atoms with E-state index in [1.54, 1.807) is 24.3 Å². The van der Waals surface area contributed by atoms with Gasteiger partial charge in [-0.1, -0.05) is 11.6 Å². The number of furan rings is 1. The summed E-state index contributed by atoms with van der Waals surface area (Å²) in [6, 6.07) is 11.2. The Morgan fingerprint density at radius 2 is 1.96 bits per heavy atom. The number of aryl methyl sites for hydroxylation is 1. The number of nitrogens with one attached hydrogen (secondary N) is 1. The number of hydrogen-bond acceptors (Lipinski definition) is 4. The number of amides is 1. The maximum atomic E-state index is 12.2. The minimum absolute atomic E-state index is 0.0218. The van der Waals surface area contributed by atoms with E-state index in [2.05, 4.69) is 10.2 Å². The molecule has 1 fully saturated rings. The first-order valence-electron chi connectivity index (χ1n) is 9.07. The van der Waals surface area contributed by atoms with Gasteiger partial charge < -0.3 is 14.5 Å². The van der Waals surface area contributed by atoms with Gasteiger partial charge in [0, 0.05) is 11.6 Å². The van der Waals surface area contributed by atoms with Crippen LogP contribution < -0.4 is 10.1 Å². The lowest BCUT2D eigenvalue weighted by Gasteiger charge is -2.26. The number of nitrogens with zero attached hydrogens (tertiary/aromatic N) is 1. The van der Waals surface area contributed by atoms with Gasteiger partial charge in [0.15, 0.2) is 0 Å². The van der Waals surface area contributed by atoms with Crippen molar-refractivity contribution in [2.45, 2.75) is 32.2 Å². The summed E-state index contributed by atoms with van der Waals surface area (Å²) in [6.07, 6.45) is 2.70. The normalized spacial score (nSPS) is 15.8. The zero-order valence-electron chi connectivity index (χ0n) is 15.0. The van der Waals surface area contributed by atoms with Crippen molar-refractivity contribution in [2.24, 2.45) is 0 Å². The molecule has 140 valence electrons. The molecule has 1 aliphatic heterocycles. The van der Waals surface area contributed by atoms with E-state index in [4.69, 9.17) is 20.8 Å². The first kappa shape index (κ1) is 18.8. The first-order chi connectivity index (χ1) is 12.6. The van der Waals surface area contributed by atoms with Crippen molar-refractivity contribution in [3.63, 3.8) is 0 Å². The average Bonchev–Trinajstić information content (AvgIpc) is 3.29. The molecular weight excluding hydrogens is 352 g/mol. The molecule has 0 bridgehead atoms. The third-order valence-corrected chi connectivity index (χ3v) is 4.83. The number of benzene rings is 1. The van der Waals surface area contributed by atoms with Crippen LogP contribution in [0.5, 0.6) is 5.75 Å². The van der Waals surface area contributed by atoms with Crippen LogP contribution in [0.2, 0.25) is 5.02 Å². The SMILES string of the molecule is Cc1ccc([C@@H](CNC(=O)CCOc2ccc(Cl)cc2)N2CCCC2)o1. The minimum Gasteiger partial charge on any atom is -0.493 e. The second kappa shape index (κ2) is 9.10. The maximum absolute atomic E-state index is 12.2. The number of ether oxygens (including phenoxy) is 1. The van der Waals surface area contributed by atoms with Crippen LogP contribution in [0.3, 0.4) is 0 Å². The van der Waals surface area contributed by atoms with Gasteiger partial charge in [0.2, 0.25) is 5.91 Å². The lowest BCUT2D eigenvalue weighted by Crippen LogP contribution is -2.37. The van der Waals surface area contributed by atoms with Crippen LogP contribution in [0, 0.1) is 6.92 Å². The van der Waals surface area contributed by atoms with E-state index in [9.17, 15) is 4.79 Å². The van der Waals surface area contributed by atoms with Gasteiger partial charge in [-0.25, -0.2) is 0 Å². The van der Waals surface area contributed by atoms with Crippen molar-refractivity contribution in [1.29, 1.82) is 0 Å². The standard InChI is InChI=1S/C20H25ClN2O3/c1-15-4-9-19(26-15)18(23-11-2-3-12-23)14-22-20(24)10-13-25-17-7-5-16(21)6-8-17/h4-9,18H,2-3,10-14H2,1H3,(H,22,24)/t18-/m1/s1. The molecule has 1 aliphatic rings. The van der Waals surface area contributed by atoms with Gasteiger partial charge >= 0.3 is 0 Å². The average molecular weight is 377 g/mol. The van der Waals surface area contributed by atoms with Crippen LogP contribution in [-0.2, 0) is 4.79 Å². The molecule has 1 N–H and O–H groups in total. The van der Waals surface area contributed by atoms with Gasteiger partial charge in [0.05, 0.1) is 19.1 Å². The molecule has 1 amide bonds. The van der Waals surface area contributed by atoms with Crippen LogP contribution in [0.25, 0.3) is 0 Å². The van der Waals surface area contributed by atoms with Gasteiger partial charge in [-0.05, 0) is 69.3 Å². The highest BCUT2D eigenvalue weighted by molar-refractivity contribution is 6.30. The Morgan fingerprint density at radius 1 is 1.23 bits per heavy atom. The van der Waals surface area contributed by atoms with E-state index < -0.39 is 0 Å². The van der Waals surface area contributed by atoms with Crippen LogP contribution in [0.1, 0.15) is 36.8 Å². The summed E-state index contributed by atoms with van der Waals surface area (Å²) in [4.78, 5) is 14.6. The monoisotopic (exact) mass is 376 g/mol. The molecule has 26 heavy (non-hydrogen) atoms. The Balaban J connectivity index is 1.47. The Bertz CT molecular complexity index is 708. The van der Waals surface area contributed by atoms with E-state index in [0.717, 1.165) is 24.6 Å². The number of halogens is 1. The fourth-order valence-electron chi connectivity index (χ4n) is 3.19. The number of rotatable bonds is 8. The van der Waals surface area contributed by atoms with E-state index in [1.807, 2.05) is 19.1 Å². The van der Waals surface area contributed by atoms with Crippen molar-refractivity contribution in [3.05, 3.63) is 52.9 Å². The zero-order chi connectivity index (χ0) is 18.4. The van der Waals surface area contributed by atoms with Crippen molar-refractivity contribution in [2.75, 3.05) is 26.2 Å². The van der Waals surface area contributed by atoms with Crippen molar-refractivity contribution < 1.29 is 13.9 Å². The van der Waals surface area contributed by atoms with E-state index in [0.29, 0.717) is 30.3 Å². The largest absolute Gasteiger partial charge is 0.493 e. The van der Waals surface area contributed by atoms with Gasteiger partial charge in [-0.3, -0.25) is 9.69 Å². The second-order valence-electron chi connectivity index (χ2n) is 6.56. The molecule has 0 radical (unpaired) electrons. The van der Waals surface area contributed by atoms with E-state index >= 15 is 0 Å². The second-order valence-corrected chi connectivity index (χ2v) is 7.00. The van der Waals surface area contributed by atoms with E-state index in [-0.39, 0.29) is 11.9 Å². The summed E-state index contributed by atoms with van der Waals surface area (Å²) < 4.78 is 11.4. The van der Waals surface area contributed by atoms with Crippen molar-refractivity contribution in [1.82, 2.24) is 10.2 Å². The van der Waals surface area contributed by atoms with Crippen molar-refractivity contribution >= 4 is 17.5 Å². The Labute approximate surface area is 159 Å². The molecule has 0 spiro atoms. The number of carbonyl (C=O) groups is 1. The fourth-order valence-corrected chi connectivity index (χ4v) is 3.31. The molecule has 1 aromatic heterocycles. The molecule has 3 rings (SSSR count). The smallest absolute Gasteiger partial charge is 0.223 e. The lowest BCUT2D eigenvalue weighted by atomic mass is 10.2. The molecule has 1 aromatic carbocycles. The van der Waals surface area contributed by atoms with Crippen LogP contribution >= 0.6 is 11.6 Å². The van der Waals surface area contributed by atoms with E-state index in [1.165, 1.54) is 12.8 Å². The van der Waals surface area contributed by atoms with Gasteiger partial charge in [0.1, 0.15) is 17.3 Å². The lowest BCUT2D eigenvalue weighted by molar-refractivity contribution is -0.121. The number of carbonyl (C=O) groups excluding carboxylic acids is 1. The van der Waals surface area contributed by atoms with Gasteiger partial charge in [-0.15, -0.1) is 0 Å². The summed E-state index contributed by atoms with van der Waals surface area (Å²) in [6.45, 7) is 4.91. The quantitative estimate of drug-likeness (QED) is 0.757. The minimum atomic E-state index is -0.0218. The van der Waals surface area contributed by atoms with Crippen LogP contribution in [-0.4, -0.2) is 37.0 Å². The van der Waals surface area contributed by atoms with Gasteiger partial charge in [-0.2, -0.15) is 0 Å². The summed E-state index contributed by atoms with van der Waals surface area (Å²) in [5, 5.41) is 3.68.